The maximum atomic E-state index is 11.8. The Bertz CT molecular complexity index is 589. The van der Waals surface area contributed by atoms with Gasteiger partial charge in [-0.05, 0) is 13.3 Å². The first kappa shape index (κ1) is 13.2. The number of imidazole rings is 1. The SMILES string of the molecule is Cc1ncc(S(=O)(=O)NCCCc2ncc[nH]2)s1. The molecule has 0 atom stereocenters. The van der Waals surface area contributed by atoms with E-state index in [-0.39, 0.29) is 4.21 Å². The van der Waals surface area contributed by atoms with Crippen LogP contribution < -0.4 is 4.72 Å². The van der Waals surface area contributed by atoms with Crippen molar-refractivity contribution < 1.29 is 8.42 Å². The molecular weight excluding hydrogens is 272 g/mol. The zero-order valence-electron chi connectivity index (χ0n) is 9.88. The molecule has 98 valence electrons. The average molecular weight is 286 g/mol. The van der Waals surface area contributed by atoms with Crippen LogP contribution in [0.4, 0.5) is 0 Å². The number of hydrogen-bond acceptors (Lipinski definition) is 5. The van der Waals surface area contributed by atoms with Crippen molar-refractivity contribution in [2.45, 2.75) is 24.0 Å². The predicted molar refractivity (Wildman–Crippen MR) is 68.9 cm³/mol. The molecular formula is C10H14N4O2S2. The second-order valence-electron chi connectivity index (χ2n) is 3.74. The third-order valence-electron chi connectivity index (χ3n) is 2.30. The Balaban J connectivity index is 1.82. The van der Waals surface area contributed by atoms with Crippen LogP contribution in [-0.4, -0.2) is 29.9 Å². The molecule has 8 heteroatoms. The van der Waals surface area contributed by atoms with Crippen molar-refractivity contribution in [3.8, 4) is 0 Å². The summed E-state index contributed by atoms with van der Waals surface area (Å²) in [5, 5.41) is 0.742. The van der Waals surface area contributed by atoms with E-state index in [4.69, 9.17) is 0 Å². The molecule has 0 spiro atoms. The van der Waals surface area contributed by atoms with Gasteiger partial charge in [0.25, 0.3) is 10.0 Å². The zero-order valence-corrected chi connectivity index (χ0v) is 11.5. The third kappa shape index (κ3) is 3.37. The lowest BCUT2D eigenvalue weighted by Crippen LogP contribution is -2.24. The van der Waals surface area contributed by atoms with Crippen LogP contribution >= 0.6 is 11.3 Å². The molecule has 2 aromatic rings. The second kappa shape index (κ2) is 5.59. The molecule has 2 N–H and O–H groups in total. The quantitative estimate of drug-likeness (QED) is 0.778. The van der Waals surface area contributed by atoms with Crippen molar-refractivity contribution in [3.63, 3.8) is 0 Å². The smallest absolute Gasteiger partial charge is 0.251 e. The van der Waals surface area contributed by atoms with Gasteiger partial charge < -0.3 is 4.98 Å². The minimum absolute atomic E-state index is 0.262. The largest absolute Gasteiger partial charge is 0.349 e. The number of hydrogen-bond donors (Lipinski definition) is 2. The van der Waals surface area contributed by atoms with E-state index in [0.29, 0.717) is 13.0 Å². The topological polar surface area (TPSA) is 87.7 Å². The lowest BCUT2D eigenvalue weighted by Gasteiger charge is -2.03. The van der Waals surface area contributed by atoms with Gasteiger partial charge in [-0.3, -0.25) is 0 Å². The van der Waals surface area contributed by atoms with Gasteiger partial charge in [0.05, 0.1) is 11.2 Å². The molecule has 0 saturated heterocycles. The van der Waals surface area contributed by atoms with Gasteiger partial charge in [-0.25, -0.2) is 23.1 Å². The number of sulfonamides is 1. The van der Waals surface area contributed by atoms with Gasteiger partial charge in [0, 0.05) is 25.4 Å². The molecule has 2 rings (SSSR count). The summed E-state index contributed by atoms with van der Waals surface area (Å²) in [6, 6.07) is 0. The van der Waals surface area contributed by atoms with Crippen LogP contribution in [0.5, 0.6) is 0 Å². The molecule has 0 bridgehead atoms. The van der Waals surface area contributed by atoms with Crippen molar-refractivity contribution in [3.05, 3.63) is 29.4 Å². The van der Waals surface area contributed by atoms with Crippen LogP contribution in [0.1, 0.15) is 17.3 Å². The molecule has 0 unspecified atom stereocenters. The monoisotopic (exact) mass is 286 g/mol. The summed E-state index contributed by atoms with van der Waals surface area (Å²) in [4.78, 5) is 11.0. The Kier molecular flexibility index (Phi) is 4.10. The van der Waals surface area contributed by atoms with E-state index < -0.39 is 10.0 Å². The van der Waals surface area contributed by atoms with E-state index >= 15 is 0 Å². The van der Waals surface area contributed by atoms with Crippen molar-refractivity contribution in [1.29, 1.82) is 0 Å². The van der Waals surface area contributed by atoms with E-state index in [1.54, 1.807) is 19.3 Å². The van der Waals surface area contributed by atoms with Crippen molar-refractivity contribution >= 4 is 21.4 Å². The van der Waals surface area contributed by atoms with Crippen molar-refractivity contribution in [2.24, 2.45) is 0 Å². The fourth-order valence-corrected chi connectivity index (χ4v) is 3.66. The molecule has 0 radical (unpaired) electrons. The summed E-state index contributed by atoms with van der Waals surface area (Å²) in [7, 11) is -3.41. The number of aryl methyl sites for hydroxylation is 2. The highest BCUT2D eigenvalue weighted by atomic mass is 32.2. The van der Waals surface area contributed by atoms with Gasteiger partial charge in [0.2, 0.25) is 0 Å². The normalized spacial score (nSPS) is 11.8. The Morgan fingerprint density at radius 1 is 1.44 bits per heavy atom. The maximum absolute atomic E-state index is 11.8. The maximum Gasteiger partial charge on any atom is 0.251 e. The van der Waals surface area contributed by atoms with Gasteiger partial charge in [-0.2, -0.15) is 0 Å². The Morgan fingerprint density at radius 2 is 2.28 bits per heavy atom. The number of H-pyrrole nitrogens is 1. The van der Waals surface area contributed by atoms with Gasteiger partial charge in [0.1, 0.15) is 5.82 Å². The highest BCUT2D eigenvalue weighted by Crippen LogP contribution is 2.17. The molecule has 0 fully saturated rings. The number of thiazole rings is 1. The first-order valence-corrected chi connectivity index (χ1v) is 7.78. The highest BCUT2D eigenvalue weighted by molar-refractivity contribution is 7.91. The Labute approximate surface area is 110 Å². The summed E-state index contributed by atoms with van der Waals surface area (Å²) in [6.45, 7) is 2.17. The predicted octanol–water partition coefficient (Wildman–Crippen LogP) is 1.09. The first-order valence-electron chi connectivity index (χ1n) is 5.48. The van der Waals surface area contributed by atoms with E-state index in [1.165, 1.54) is 17.5 Å². The van der Waals surface area contributed by atoms with Crippen LogP contribution in [0.25, 0.3) is 0 Å². The lowest BCUT2D eigenvalue weighted by atomic mass is 10.3. The molecule has 18 heavy (non-hydrogen) atoms. The number of aromatic amines is 1. The van der Waals surface area contributed by atoms with E-state index in [2.05, 4.69) is 19.7 Å². The van der Waals surface area contributed by atoms with Crippen molar-refractivity contribution in [2.75, 3.05) is 6.54 Å². The Morgan fingerprint density at radius 3 is 2.89 bits per heavy atom. The molecule has 2 heterocycles. The number of nitrogens with one attached hydrogen (secondary N) is 2. The fraction of sp³-hybridized carbons (Fsp3) is 0.400. The van der Waals surface area contributed by atoms with Crippen LogP contribution in [0, 0.1) is 6.92 Å². The lowest BCUT2D eigenvalue weighted by molar-refractivity contribution is 0.580. The molecule has 0 aliphatic heterocycles. The summed E-state index contributed by atoms with van der Waals surface area (Å²) in [6.07, 6.45) is 6.23. The summed E-state index contributed by atoms with van der Waals surface area (Å²) in [5.74, 6) is 0.864. The molecule has 0 amide bonds. The number of nitrogens with zero attached hydrogens (tertiary/aromatic N) is 2. The summed E-state index contributed by atoms with van der Waals surface area (Å²) in [5.41, 5.74) is 0. The van der Waals surface area contributed by atoms with Crippen LogP contribution in [0.3, 0.4) is 0 Å². The molecule has 0 aliphatic carbocycles. The van der Waals surface area contributed by atoms with Gasteiger partial charge in [-0.1, -0.05) is 0 Å². The summed E-state index contributed by atoms with van der Waals surface area (Å²) >= 11 is 1.17. The summed E-state index contributed by atoms with van der Waals surface area (Å²) < 4.78 is 26.5. The molecule has 0 saturated carbocycles. The first-order chi connectivity index (χ1) is 8.58. The highest BCUT2D eigenvalue weighted by Gasteiger charge is 2.16. The number of rotatable bonds is 6. The van der Waals surface area contributed by atoms with E-state index in [1.807, 2.05) is 0 Å². The minimum atomic E-state index is -3.41. The number of aromatic nitrogens is 3. The van der Waals surface area contributed by atoms with E-state index in [0.717, 1.165) is 17.3 Å². The van der Waals surface area contributed by atoms with Crippen LogP contribution in [0.15, 0.2) is 22.8 Å². The fourth-order valence-electron chi connectivity index (χ4n) is 1.43. The molecule has 0 aromatic carbocycles. The van der Waals surface area contributed by atoms with Gasteiger partial charge in [-0.15, -0.1) is 11.3 Å². The average Bonchev–Trinajstić information content (AvgIpc) is 2.95. The van der Waals surface area contributed by atoms with Gasteiger partial charge in [0.15, 0.2) is 4.21 Å². The standard InChI is InChI=1S/C10H14N4O2S2/c1-8-13-7-10(17-8)18(15,16)14-4-2-3-9-11-5-6-12-9/h5-7,14H,2-4H2,1H3,(H,11,12). The van der Waals surface area contributed by atoms with Crippen LogP contribution in [-0.2, 0) is 16.4 Å². The molecule has 2 aromatic heterocycles. The third-order valence-corrected chi connectivity index (χ3v) is 5.14. The zero-order chi connectivity index (χ0) is 13.0. The Hall–Kier alpha value is -1.25. The second-order valence-corrected chi connectivity index (χ2v) is 6.96. The van der Waals surface area contributed by atoms with Gasteiger partial charge >= 0.3 is 0 Å². The van der Waals surface area contributed by atoms with Crippen LogP contribution in [0.2, 0.25) is 0 Å². The molecule has 6 nitrogen and oxygen atoms in total. The van der Waals surface area contributed by atoms with E-state index in [9.17, 15) is 8.42 Å². The molecule has 0 aliphatic rings. The minimum Gasteiger partial charge on any atom is -0.349 e. The van der Waals surface area contributed by atoms with Crippen molar-refractivity contribution in [1.82, 2.24) is 19.7 Å².